The fraction of sp³-hybridized carbons (Fsp3) is 0.643. The Morgan fingerprint density at radius 2 is 1.60 bits per heavy atom. The summed E-state index contributed by atoms with van der Waals surface area (Å²) >= 11 is 0. The summed E-state index contributed by atoms with van der Waals surface area (Å²) in [6, 6.07) is 0. The van der Waals surface area contributed by atoms with Crippen molar-refractivity contribution in [3.8, 4) is 0 Å². The molecule has 0 radical (unpaired) electrons. The van der Waals surface area contributed by atoms with Crippen molar-refractivity contribution in [1.29, 1.82) is 0 Å². The molecule has 0 aromatic rings. The highest BCUT2D eigenvalue weighted by molar-refractivity contribution is 7.56. The minimum absolute atomic E-state index is 0.182. The number of hydrogen-bond donors (Lipinski definition) is 0. The molecule has 2 aliphatic rings. The predicted molar refractivity (Wildman–Crippen MR) is 75.6 cm³/mol. The van der Waals surface area contributed by atoms with Crippen LogP contribution in [0.3, 0.4) is 0 Å². The maximum Gasteiger partial charge on any atom is 0.349 e. The molecule has 0 saturated carbocycles. The van der Waals surface area contributed by atoms with E-state index in [9.17, 15) is 9.36 Å². The molecular formula is C14H21O5P. The molecule has 112 valence electrons. The lowest BCUT2D eigenvalue weighted by Crippen LogP contribution is -2.43. The molecule has 0 unspecified atom stereocenters. The lowest BCUT2D eigenvalue weighted by atomic mass is 9.99. The van der Waals surface area contributed by atoms with Gasteiger partial charge in [-0.3, -0.25) is 9.36 Å². The first kappa shape index (κ1) is 15.5. The van der Waals surface area contributed by atoms with Gasteiger partial charge in [-0.2, -0.15) is 0 Å². The van der Waals surface area contributed by atoms with E-state index in [-0.39, 0.29) is 13.2 Å². The number of rotatable bonds is 1. The normalized spacial score (nSPS) is 34.0. The standard InChI is InChI=1S/C14H21O5P/c1-13(2,3)19-12(15)14-8-4-6-10-17-20(14,16)18-11-7-5-9-14/h4-7H,8-11H2,1-3H3. The van der Waals surface area contributed by atoms with Gasteiger partial charge in [-0.05, 0) is 33.6 Å². The maximum atomic E-state index is 13.1. The molecule has 0 aromatic carbocycles. The summed E-state index contributed by atoms with van der Waals surface area (Å²) in [5, 5.41) is -1.28. The summed E-state index contributed by atoms with van der Waals surface area (Å²) in [4.78, 5) is 12.7. The number of hydrogen-bond acceptors (Lipinski definition) is 5. The Hall–Kier alpha value is -0.900. The average molecular weight is 300 g/mol. The third-order valence-electron chi connectivity index (χ3n) is 3.23. The van der Waals surface area contributed by atoms with Crippen molar-refractivity contribution in [2.45, 2.75) is 44.4 Å². The molecule has 0 aliphatic carbocycles. The summed E-state index contributed by atoms with van der Waals surface area (Å²) in [6.45, 7) is 5.72. The van der Waals surface area contributed by atoms with E-state index in [1.54, 1.807) is 32.9 Å². The molecule has 0 spiro atoms. The number of carbonyl (C=O) groups is 1. The van der Waals surface area contributed by atoms with Crippen LogP contribution in [0.5, 0.6) is 0 Å². The minimum atomic E-state index is -3.58. The molecule has 2 heterocycles. The molecule has 6 heteroatoms. The van der Waals surface area contributed by atoms with Crippen molar-refractivity contribution in [2.24, 2.45) is 0 Å². The van der Waals surface area contributed by atoms with Crippen molar-refractivity contribution in [2.75, 3.05) is 13.2 Å². The van der Waals surface area contributed by atoms with Crippen LogP contribution < -0.4 is 0 Å². The van der Waals surface area contributed by atoms with Crippen LogP contribution >= 0.6 is 7.60 Å². The molecule has 2 aliphatic heterocycles. The highest BCUT2D eigenvalue weighted by Crippen LogP contribution is 2.65. The Morgan fingerprint density at radius 3 is 2.05 bits per heavy atom. The topological polar surface area (TPSA) is 61.8 Å². The van der Waals surface area contributed by atoms with E-state index in [0.29, 0.717) is 12.8 Å². The van der Waals surface area contributed by atoms with E-state index in [0.717, 1.165) is 0 Å². The number of ether oxygens (including phenoxy) is 1. The Kier molecular flexibility index (Phi) is 4.24. The van der Waals surface area contributed by atoms with E-state index in [4.69, 9.17) is 13.8 Å². The number of allylic oxidation sites excluding steroid dienone is 2. The zero-order valence-electron chi connectivity index (χ0n) is 12.1. The van der Waals surface area contributed by atoms with Gasteiger partial charge in [-0.15, -0.1) is 0 Å². The molecular weight excluding hydrogens is 279 g/mol. The van der Waals surface area contributed by atoms with Crippen LogP contribution in [0, 0.1) is 0 Å². The summed E-state index contributed by atoms with van der Waals surface area (Å²) < 4.78 is 29.4. The largest absolute Gasteiger partial charge is 0.459 e. The highest BCUT2D eigenvalue weighted by atomic mass is 31.2. The van der Waals surface area contributed by atoms with E-state index in [2.05, 4.69) is 0 Å². The van der Waals surface area contributed by atoms with Crippen LogP contribution in [0.15, 0.2) is 24.3 Å². The highest BCUT2D eigenvalue weighted by Gasteiger charge is 2.58. The Bertz CT molecular complexity index is 462. The molecule has 0 N–H and O–H groups in total. The van der Waals surface area contributed by atoms with Gasteiger partial charge in [0.05, 0.1) is 13.2 Å². The lowest BCUT2D eigenvalue weighted by molar-refractivity contribution is -0.158. The summed E-state index contributed by atoms with van der Waals surface area (Å²) in [6.07, 6.45) is 7.73. The fourth-order valence-electron chi connectivity index (χ4n) is 2.22. The second-order valence-electron chi connectivity index (χ2n) is 5.97. The number of carbonyl (C=O) groups excluding carboxylic acids is 1. The van der Waals surface area contributed by atoms with Crippen LogP contribution in [0.2, 0.25) is 0 Å². The summed E-state index contributed by atoms with van der Waals surface area (Å²) in [7, 11) is -3.58. The minimum Gasteiger partial charge on any atom is -0.459 e. The smallest absolute Gasteiger partial charge is 0.349 e. The molecule has 0 aromatic heterocycles. The second kappa shape index (κ2) is 5.47. The molecule has 5 nitrogen and oxygen atoms in total. The Labute approximate surface area is 119 Å². The lowest BCUT2D eigenvalue weighted by Gasteiger charge is -2.35. The first-order valence-electron chi connectivity index (χ1n) is 6.72. The molecule has 0 saturated heterocycles. The van der Waals surface area contributed by atoms with E-state index in [1.165, 1.54) is 0 Å². The summed E-state index contributed by atoms with van der Waals surface area (Å²) in [5.41, 5.74) is -0.650. The van der Waals surface area contributed by atoms with E-state index >= 15 is 0 Å². The number of esters is 1. The molecule has 0 atom stereocenters. The van der Waals surface area contributed by atoms with Crippen molar-refractivity contribution in [3.05, 3.63) is 24.3 Å². The van der Waals surface area contributed by atoms with Gasteiger partial charge in [0.15, 0.2) is 5.16 Å². The van der Waals surface area contributed by atoms with Crippen molar-refractivity contribution < 1.29 is 23.1 Å². The second-order valence-corrected chi connectivity index (χ2v) is 8.34. The molecule has 0 fully saturated rings. The Balaban J connectivity index is 2.42. The van der Waals surface area contributed by atoms with Gasteiger partial charge in [0.1, 0.15) is 5.60 Å². The van der Waals surface area contributed by atoms with E-state index < -0.39 is 24.3 Å². The quantitative estimate of drug-likeness (QED) is 0.423. The molecule has 20 heavy (non-hydrogen) atoms. The van der Waals surface area contributed by atoms with Gasteiger partial charge >= 0.3 is 13.6 Å². The molecule has 0 bridgehead atoms. The van der Waals surface area contributed by atoms with Crippen LogP contribution in [0.25, 0.3) is 0 Å². The Morgan fingerprint density at radius 1 is 1.10 bits per heavy atom. The van der Waals surface area contributed by atoms with Crippen molar-refractivity contribution in [1.82, 2.24) is 0 Å². The van der Waals surface area contributed by atoms with Crippen LogP contribution in [-0.4, -0.2) is 29.9 Å². The zero-order valence-corrected chi connectivity index (χ0v) is 13.0. The monoisotopic (exact) mass is 300 g/mol. The van der Waals surface area contributed by atoms with Gasteiger partial charge in [0, 0.05) is 0 Å². The maximum absolute atomic E-state index is 13.1. The first-order chi connectivity index (χ1) is 9.29. The van der Waals surface area contributed by atoms with Gasteiger partial charge in [0.25, 0.3) is 0 Å². The van der Waals surface area contributed by atoms with E-state index in [1.807, 2.05) is 12.2 Å². The third-order valence-corrected chi connectivity index (χ3v) is 5.80. The average Bonchev–Trinajstić information content (AvgIpc) is 2.56. The van der Waals surface area contributed by atoms with Gasteiger partial charge in [-0.1, -0.05) is 24.3 Å². The van der Waals surface area contributed by atoms with Gasteiger partial charge in [-0.25, -0.2) is 0 Å². The SMILES string of the molecule is CC(C)(C)OC(=O)C12CC=CCOP1(=O)OCC=CC2. The van der Waals surface area contributed by atoms with Crippen LogP contribution in [0.4, 0.5) is 0 Å². The van der Waals surface area contributed by atoms with Crippen LogP contribution in [0.1, 0.15) is 33.6 Å². The summed E-state index contributed by atoms with van der Waals surface area (Å²) in [5.74, 6) is -0.522. The van der Waals surface area contributed by atoms with Gasteiger partial charge in [0.2, 0.25) is 0 Å². The molecule has 2 rings (SSSR count). The van der Waals surface area contributed by atoms with Gasteiger partial charge < -0.3 is 13.8 Å². The van der Waals surface area contributed by atoms with Crippen molar-refractivity contribution >= 4 is 13.6 Å². The number of fused-ring (bicyclic) bond motifs is 1. The van der Waals surface area contributed by atoms with Crippen molar-refractivity contribution in [3.63, 3.8) is 0 Å². The first-order valence-corrected chi connectivity index (χ1v) is 8.26. The van der Waals surface area contributed by atoms with Crippen LogP contribution in [-0.2, 0) is 23.1 Å². The fourth-order valence-corrected chi connectivity index (χ4v) is 4.28. The molecule has 0 amide bonds. The predicted octanol–water partition coefficient (Wildman–Crippen LogP) is 3.21. The third kappa shape index (κ3) is 2.90. The zero-order chi connectivity index (χ0) is 14.9.